The predicted molar refractivity (Wildman–Crippen MR) is 203 cm³/mol. The minimum atomic E-state index is -2.70. The molecule has 1 fully saturated rings. The lowest BCUT2D eigenvalue weighted by atomic mass is 9.76. The van der Waals surface area contributed by atoms with Gasteiger partial charge in [0.1, 0.15) is 0 Å². The van der Waals surface area contributed by atoms with Crippen LogP contribution in [0.5, 0.6) is 0 Å². The number of hydrogen-bond donors (Lipinski definition) is 2. The molecule has 0 saturated heterocycles. The molecule has 18 heteroatoms. The van der Waals surface area contributed by atoms with Crippen molar-refractivity contribution in [2.24, 2.45) is 11.8 Å². The van der Waals surface area contributed by atoms with Gasteiger partial charge in [0.15, 0.2) is 0 Å². The van der Waals surface area contributed by atoms with Gasteiger partial charge in [0, 0.05) is 122 Å². The summed E-state index contributed by atoms with van der Waals surface area (Å²) in [5, 5.41) is 7.73. The molecule has 0 bridgehead atoms. The van der Waals surface area contributed by atoms with Crippen molar-refractivity contribution in [3.05, 3.63) is 0 Å². The average Bonchev–Trinajstić information content (AvgIpc) is 3.16. The monoisotopic (exact) mass is 790 g/mol. The van der Waals surface area contributed by atoms with Crippen molar-refractivity contribution in [2.75, 3.05) is 98.4 Å². The van der Waals surface area contributed by atoms with Crippen molar-refractivity contribution >= 4 is 35.2 Å². The first-order chi connectivity index (χ1) is 24.0. The van der Waals surface area contributed by atoms with E-state index in [0.717, 1.165) is 75.8 Å². The highest BCUT2D eigenvalue weighted by Crippen LogP contribution is 2.36. The van der Waals surface area contributed by atoms with Crippen LogP contribution in [0.25, 0.3) is 0 Å². The van der Waals surface area contributed by atoms with E-state index in [2.05, 4.69) is 10.6 Å². The van der Waals surface area contributed by atoms with Crippen LogP contribution in [-0.2, 0) is 53.1 Å². The molecule has 0 radical (unpaired) electrons. The molecule has 0 aromatic rings. The molecule has 1 rings (SSSR count). The molecular weight excluding hydrogens is 717 g/mol. The first-order valence-corrected chi connectivity index (χ1v) is 25.9. The van der Waals surface area contributed by atoms with Crippen LogP contribution in [0.15, 0.2) is 0 Å². The quantitative estimate of drug-likeness (QED) is 0.0729. The molecule has 0 amide bonds. The Balaban J connectivity index is 2.99. The van der Waals surface area contributed by atoms with E-state index in [1.165, 1.54) is 25.7 Å². The van der Waals surface area contributed by atoms with Crippen LogP contribution in [0.4, 0.5) is 0 Å². The minimum Gasteiger partial charge on any atom is -0.377 e. The molecule has 0 aromatic heterocycles. The van der Waals surface area contributed by atoms with Crippen LogP contribution in [0.2, 0.25) is 24.2 Å². The number of nitrogens with one attached hydrogen (secondary N) is 2. The standard InChI is InChI=1S/C32H74N2O12Si4/c1-35-47(36-2,37-3)22-14-20-33-31(18-24-49(41-7,42-8)43-9)27-29-16-13-17-30(26-29)28-32(19-25-50(44-10,45-11)46-12)34-21-15-23-48(38-4,39-5)40-6/h29-34H,13-28H2,1-12H3. The van der Waals surface area contributed by atoms with Gasteiger partial charge in [-0.05, 0) is 69.9 Å². The number of rotatable bonds is 32. The second-order valence-corrected chi connectivity index (χ2v) is 25.5. The van der Waals surface area contributed by atoms with Crippen LogP contribution in [-0.4, -0.2) is 146 Å². The first-order valence-electron chi connectivity index (χ1n) is 18.1. The highest BCUT2D eigenvalue weighted by atomic mass is 28.4. The maximum atomic E-state index is 5.77. The summed E-state index contributed by atoms with van der Waals surface area (Å²) >= 11 is 0. The minimum absolute atomic E-state index is 0.312. The highest BCUT2D eigenvalue weighted by molar-refractivity contribution is 6.61. The Hall–Kier alpha value is 0.308. The van der Waals surface area contributed by atoms with Crippen molar-refractivity contribution in [3.63, 3.8) is 0 Å². The zero-order valence-electron chi connectivity index (χ0n) is 33.5. The molecule has 0 aliphatic heterocycles. The van der Waals surface area contributed by atoms with E-state index in [4.69, 9.17) is 53.1 Å². The van der Waals surface area contributed by atoms with Gasteiger partial charge in [0.25, 0.3) is 0 Å². The Morgan fingerprint density at radius 3 is 1.00 bits per heavy atom. The smallest absolute Gasteiger partial charge is 0.377 e. The molecule has 300 valence electrons. The SMILES string of the molecule is CO[Si](CCCNC(CC[Si](OC)(OC)OC)CC1CCCC(CC(CC[Si](OC)(OC)OC)NCCC[Si](OC)(OC)OC)C1)(OC)OC. The van der Waals surface area contributed by atoms with E-state index >= 15 is 0 Å². The van der Waals surface area contributed by atoms with Gasteiger partial charge in [-0.1, -0.05) is 19.3 Å². The summed E-state index contributed by atoms with van der Waals surface area (Å²) in [4.78, 5) is 0. The summed E-state index contributed by atoms with van der Waals surface area (Å²) in [6.07, 6.45) is 10.8. The molecule has 0 aromatic carbocycles. The van der Waals surface area contributed by atoms with Crippen LogP contribution in [0, 0.1) is 11.8 Å². The molecule has 1 aliphatic carbocycles. The third kappa shape index (κ3) is 16.0. The van der Waals surface area contributed by atoms with E-state index in [-0.39, 0.29) is 0 Å². The van der Waals surface area contributed by atoms with Crippen LogP contribution in [0.3, 0.4) is 0 Å². The van der Waals surface area contributed by atoms with Crippen molar-refractivity contribution < 1.29 is 53.1 Å². The van der Waals surface area contributed by atoms with Crippen molar-refractivity contribution in [2.45, 2.75) is 100 Å². The fraction of sp³-hybridized carbons (Fsp3) is 1.00. The highest BCUT2D eigenvalue weighted by Gasteiger charge is 2.41. The lowest BCUT2D eigenvalue weighted by Crippen LogP contribution is -2.45. The fourth-order valence-corrected chi connectivity index (χ4v) is 14.5. The van der Waals surface area contributed by atoms with Gasteiger partial charge in [0.2, 0.25) is 0 Å². The van der Waals surface area contributed by atoms with Gasteiger partial charge in [-0.2, -0.15) is 0 Å². The van der Waals surface area contributed by atoms with Gasteiger partial charge < -0.3 is 63.7 Å². The average molecular weight is 791 g/mol. The van der Waals surface area contributed by atoms with Crippen molar-refractivity contribution in [1.82, 2.24) is 10.6 Å². The molecule has 0 heterocycles. The van der Waals surface area contributed by atoms with E-state index in [0.29, 0.717) is 23.9 Å². The van der Waals surface area contributed by atoms with Gasteiger partial charge >= 0.3 is 35.2 Å². The van der Waals surface area contributed by atoms with E-state index < -0.39 is 35.2 Å². The Kier molecular flexibility index (Phi) is 25.3. The molecule has 50 heavy (non-hydrogen) atoms. The molecule has 1 aliphatic rings. The van der Waals surface area contributed by atoms with E-state index in [1.807, 2.05) is 0 Å². The largest absolute Gasteiger partial charge is 0.500 e. The second-order valence-electron chi connectivity index (χ2n) is 13.1. The Morgan fingerprint density at radius 1 is 0.440 bits per heavy atom. The van der Waals surface area contributed by atoms with Gasteiger partial charge in [0.05, 0.1) is 0 Å². The molecule has 4 atom stereocenters. The Bertz CT molecular complexity index is 746. The normalized spacial score (nSPS) is 19.2. The molecule has 14 nitrogen and oxygen atoms in total. The summed E-state index contributed by atoms with van der Waals surface area (Å²) < 4.78 is 68.5. The Morgan fingerprint density at radius 2 is 0.720 bits per heavy atom. The maximum Gasteiger partial charge on any atom is 0.500 e. The molecule has 2 N–H and O–H groups in total. The van der Waals surface area contributed by atoms with Gasteiger partial charge in [-0.25, -0.2) is 0 Å². The zero-order chi connectivity index (χ0) is 37.5. The summed E-state index contributed by atoms with van der Waals surface area (Å²) in [6.45, 7) is 1.70. The third-order valence-corrected chi connectivity index (χ3v) is 21.8. The maximum absolute atomic E-state index is 5.77. The van der Waals surface area contributed by atoms with E-state index in [1.54, 1.807) is 85.3 Å². The fourth-order valence-electron chi connectivity index (χ4n) is 7.39. The first kappa shape index (κ1) is 48.3. The lowest BCUT2D eigenvalue weighted by Gasteiger charge is -2.35. The lowest BCUT2D eigenvalue weighted by molar-refractivity contribution is 0.120. The molecule has 4 unspecified atom stereocenters. The van der Waals surface area contributed by atoms with E-state index in [9.17, 15) is 0 Å². The Labute approximate surface area is 309 Å². The summed E-state index contributed by atoms with van der Waals surface area (Å²) in [5.41, 5.74) is 0. The summed E-state index contributed by atoms with van der Waals surface area (Å²) in [6, 6.07) is 3.65. The predicted octanol–water partition coefficient (Wildman–Crippen LogP) is 4.56. The molecule has 1 saturated carbocycles. The van der Waals surface area contributed by atoms with Crippen LogP contribution >= 0.6 is 0 Å². The van der Waals surface area contributed by atoms with Gasteiger partial charge in [-0.15, -0.1) is 0 Å². The molecule has 0 spiro atoms. The summed E-state index contributed by atoms with van der Waals surface area (Å²) in [5.74, 6) is 1.26. The topological polar surface area (TPSA) is 135 Å². The zero-order valence-corrected chi connectivity index (χ0v) is 37.5. The summed E-state index contributed by atoms with van der Waals surface area (Å²) in [7, 11) is 9.50. The molecular formula is C32H74N2O12Si4. The van der Waals surface area contributed by atoms with Crippen LogP contribution in [0.1, 0.15) is 64.2 Å². The van der Waals surface area contributed by atoms with Crippen LogP contribution < -0.4 is 10.6 Å². The third-order valence-electron chi connectivity index (χ3n) is 10.6. The van der Waals surface area contributed by atoms with Crippen molar-refractivity contribution in [1.29, 1.82) is 0 Å². The van der Waals surface area contributed by atoms with Crippen molar-refractivity contribution in [3.8, 4) is 0 Å². The second kappa shape index (κ2) is 26.2. The van der Waals surface area contributed by atoms with Gasteiger partial charge in [-0.3, -0.25) is 0 Å². The number of hydrogen-bond acceptors (Lipinski definition) is 14.